The minimum atomic E-state index is -0.754. The number of hydrogen-bond donors (Lipinski definition) is 2. The summed E-state index contributed by atoms with van der Waals surface area (Å²) >= 11 is 0. The number of carboxylic acid groups (broad SMARTS) is 1. The average Bonchev–Trinajstić information content (AvgIpc) is 2.87. The lowest BCUT2D eigenvalue weighted by Crippen LogP contribution is -2.29. The van der Waals surface area contributed by atoms with Crippen LogP contribution in [0, 0.1) is 11.8 Å². The van der Waals surface area contributed by atoms with Gasteiger partial charge in [0, 0.05) is 11.9 Å². The lowest BCUT2D eigenvalue weighted by atomic mass is 9.97. The summed E-state index contributed by atoms with van der Waals surface area (Å²) in [6.45, 7) is 5.01. The standard InChI is InChI=1S/C17H23NO4/c1-11(2)6-13(17(19)20)9-18-10-15-8-12-7-14(21-3)4-5-16(12)22-15/h4-5,7-8,11,13,18H,6,9-10H2,1-3H3,(H,19,20). The smallest absolute Gasteiger partial charge is 0.307 e. The fourth-order valence-corrected chi connectivity index (χ4v) is 2.50. The van der Waals surface area contributed by atoms with Crippen LogP contribution in [0.1, 0.15) is 26.0 Å². The predicted molar refractivity (Wildman–Crippen MR) is 85.1 cm³/mol. The van der Waals surface area contributed by atoms with Crippen LogP contribution in [0.15, 0.2) is 28.7 Å². The Morgan fingerprint density at radius 1 is 1.36 bits per heavy atom. The third kappa shape index (κ3) is 4.24. The maximum Gasteiger partial charge on any atom is 0.307 e. The second-order valence-corrected chi connectivity index (χ2v) is 5.91. The third-order valence-corrected chi connectivity index (χ3v) is 3.57. The van der Waals surface area contributed by atoms with Crippen LogP contribution in [0.4, 0.5) is 0 Å². The number of methoxy groups -OCH3 is 1. The van der Waals surface area contributed by atoms with E-state index in [0.29, 0.717) is 25.4 Å². The molecule has 2 N–H and O–H groups in total. The van der Waals surface area contributed by atoms with Gasteiger partial charge in [-0.1, -0.05) is 13.8 Å². The van der Waals surface area contributed by atoms with Crippen LogP contribution in [0.2, 0.25) is 0 Å². The first-order valence-corrected chi connectivity index (χ1v) is 7.49. The van der Waals surface area contributed by atoms with Gasteiger partial charge in [0.15, 0.2) is 0 Å². The summed E-state index contributed by atoms with van der Waals surface area (Å²) in [4.78, 5) is 11.2. The predicted octanol–water partition coefficient (Wildman–Crippen LogP) is 3.28. The highest BCUT2D eigenvalue weighted by Crippen LogP contribution is 2.24. The van der Waals surface area contributed by atoms with Gasteiger partial charge in [-0.05, 0) is 36.6 Å². The SMILES string of the molecule is COc1ccc2oc(CNCC(CC(C)C)C(=O)O)cc2c1. The highest BCUT2D eigenvalue weighted by molar-refractivity contribution is 5.79. The molecule has 0 bridgehead atoms. The maximum atomic E-state index is 11.2. The van der Waals surface area contributed by atoms with Crippen LogP contribution >= 0.6 is 0 Å². The van der Waals surface area contributed by atoms with Crippen molar-refractivity contribution in [2.45, 2.75) is 26.8 Å². The molecule has 0 spiro atoms. The molecule has 2 aromatic rings. The van der Waals surface area contributed by atoms with Crippen molar-refractivity contribution in [2.24, 2.45) is 11.8 Å². The van der Waals surface area contributed by atoms with Gasteiger partial charge in [-0.3, -0.25) is 4.79 Å². The Bertz CT molecular complexity index is 633. The maximum absolute atomic E-state index is 11.2. The Morgan fingerprint density at radius 3 is 2.77 bits per heavy atom. The molecule has 120 valence electrons. The molecule has 1 aromatic heterocycles. The number of ether oxygens (including phenoxy) is 1. The number of carbonyl (C=O) groups is 1. The summed E-state index contributed by atoms with van der Waals surface area (Å²) in [6.07, 6.45) is 0.666. The van der Waals surface area contributed by atoms with E-state index in [1.165, 1.54) is 0 Å². The molecule has 0 fully saturated rings. The Morgan fingerprint density at radius 2 is 2.14 bits per heavy atom. The molecule has 1 atom stereocenters. The van der Waals surface area contributed by atoms with E-state index in [1.807, 2.05) is 38.1 Å². The van der Waals surface area contributed by atoms with Gasteiger partial charge in [-0.15, -0.1) is 0 Å². The van der Waals surface area contributed by atoms with Crippen molar-refractivity contribution in [1.82, 2.24) is 5.32 Å². The number of benzene rings is 1. The van der Waals surface area contributed by atoms with Gasteiger partial charge in [-0.25, -0.2) is 0 Å². The summed E-state index contributed by atoms with van der Waals surface area (Å²) in [7, 11) is 1.63. The zero-order valence-electron chi connectivity index (χ0n) is 13.3. The first-order valence-electron chi connectivity index (χ1n) is 7.49. The number of furan rings is 1. The zero-order valence-corrected chi connectivity index (χ0v) is 13.3. The molecule has 1 heterocycles. The Hall–Kier alpha value is -2.01. The van der Waals surface area contributed by atoms with Crippen molar-refractivity contribution in [1.29, 1.82) is 0 Å². The molecule has 0 saturated heterocycles. The molecule has 1 unspecified atom stereocenters. The van der Waals surface area contributed by atoms with Crippen LogP contribution in [0.25, 0.3) is 11.0 Å². The molecule has 1 aromatic carbocycles. The lowest BCUT2D eigenvalue weighted by molar-refractivity contribution is -0.142. The summed E-state index contributed by atoms with van der Waals surface area (Å²) in [5, 5.41) is 13.4. The van der Waals surface area contributed by atoms with E-state index < -0.39 is 5.97 Å². The van der Waals surface area contributed by atoms with Gasteiger partial charge >= 0.3 is 5.97 Å². The quantitative estimate of drug-likeness (QED) is 0.783. The molecular weight excluding hydrogens is 282 g/mol. The summed E-state index contributed by atoms with van der Waals surface area (Å²) in [5.41, 5.74) is 0.801. The Balaban J connectivity index is 1.95. The van der Waals surface area contributed by atoms with E-state index >= 15 is 0 Å². The number of fused-ring (bicyclic) bond motifs is 1. The van der Waals surface area contributed by atoms with Crippen LogP contribution in [-0.2, 0) is 11.3 Å². The molecule has 5 nitrogen and oxygen atoms in total. The van der Waals surface area contributed by atoms with Crippen LogP contribution in [0.3, 0.4) is 0 Å². The van der Waals surface area contributed by atoms with E-state index in [9.17, 15) is 9.90 Å². The highest BCUT2D eigenvalue weighted by Gasteiger charge is 2.18. The van der Waals surface area contributed by atoms with E-state index in [2.05, 4.69) is 5.32 Å². The summed E-state index contributed by atoms with van der Waals surface area (Å²) in [5.74, 6) is 0.814. The van der Waals surface area contributed by atoms with Crippen molar-refractivity contribution < 1.29 is 19.1 Å². The Kier molecular flexibility index (Phi) is 5.44. The topological polar surface area (TPSA) is 71.7 Å². The molecule has 0 aliphatic heterocycles. The lowest BCUT2D eigenvalue weighted by Gasteiger charge is -2.14. The van der Waals surface area contributed by atoms with Crippen molar-refractivity contribution in [3.05, 3.63) is 30.0 Å². The summed E-state index contributed by atoms with van der Waals surface area (Å²) < 4.78 is 10.9. The van der Waals surface area contributed by atoms with Crippen molar-refractivity contribution in [3.8, 4) is 5.75 Å². The van der Waals surface area contributed by atoms with E-state index in [-0.39, 0.29) is 5.92 Å². The molecule has 0 aliphatic rings. The van der Waals surface area contributed by atoms with Gasteiger partial charge in [-0.2, -0.15) is 0 Å². The number of aliphatic carboxylic acids is 1. The minimum absolute atomic E-state index is 0.363. The van der Waals surface area contributed by atoms with Crippen molar-refractivity contribution in [3.63, 3.8) is 0 Å². The molecule has 0 saturated carbocycles. The second-order valence-electron chi connectivity index (χ2n) is 5.91. The zero-order chi connectivity index (χ0) is 16.1. The highest BCUT2D eigenvalue weighted by atomic mass is 16.5. The molecular formula is C17H23NO4. The molecule has 22 heavy (non-hydrogen) atoms. The molecule has 0 radical (unpaired) electrons. The molecule has 5 heteroatoms. The molecule has 2 rings (SSSR count). The van der Waals surface area contributed by atoms with Crippen LogP contribution in [-0.4, -0.2) is 24.7 Å². The average molecular weight is 305 g/mol. The van der Waals surface area contributed by atoms with Crippen LogP contribution < -0.4 is 10.1 Å². The van der Waals surface area contributed by atoms with Gasteiger partial charge in [0.1, 0.15) is 17.1 Å². The normalized spacial score (nSPS) is 12.7. The van der Waals surface area contributed by atoms with Gasteiger partial charge in [0.25, 0.3) is 0 Å². The van der Waals surface area contributed by atoms with Gasteiger partial charge in [0.05, 0.1) is 19.6 Å². The number of rotatable bonds is 8. The number of hydrogen-bond acceptors (Lipinski definition) is 4. The minimum Gasteiger partial charge on any atom is -0.497 e. The van der Waals surface area contributed by atoms with Crippen LogP contribution in [0.5, 0.6) is 5.75 Å². The van der Waals surface area contributed by atoms with Crippen molar-refractivity contribution in [2.75, 3.05) is 13.7 Å². The molecule has 0 aliphatic carbocycles. The first kappa shape index (κ1) is 16.4. The van der Waals surface area contributed by atoms with E-state index in [0.717, 1.165) is 22.5 Å². The van der Waals surface area contributed by atoms with Gasteiger partial charge < -0.3 is 19.6 Å². The number of nitrogens with one attached hydrogen (secondary N) is 1. The Labute approximate surface area is 130 Å². The first-order chi connectivity index (χ1) is 10.5. The van der Waals surface area contributed by atoms with E-state index in [4.69, 9.17) is 9.15 Å². The fourth-order valence-electron chi connectivity index (χ4n) is 2.50. The summed E-state index contributed by atoms with van der Waals surface area (Å²) in [6, 6.07) is 7.59. The second kappa shape index (κ2) is 7.31. The van der Waals surface area contributed by atoms with Crippen molar-refractivity contribution >= 4 is 16.9 Å². The van der Waals surface area contributed by atoms with Gasteiger partial charge in [0.2, 0.25) is 0 Å². The largest absolute Gasteiger partial charge is 0.497 e. The molecule has 0 amide bonds. The van der Waals surface area contributed by atoms with E-state index in [1.54, 1.807) is 7.11 Å². The number of carboxylic acids is 1. The monoisotopic (exact) mass is 305 g/mol. The fraction of sp³-hybridized carbons (Fsp3) is 0.471. The third-order valence-electron chi connectivity index (χ3n) is 3.57.